The van der Waals surface area contributed by atoms with Gasteiger partial charge in [0.1, 0.15) is 0 Å². The minimum Gasteiger partial charge on any atom is -0.240 e. The Morgan fingerprint density at radius 1 is 1.12 bits per heavy atom. The maximum absolute atomic E-state index is 4.52. The third-order valence-corrected chi connectivity index (χ3v) is 2.36. The van der Waals surface area contributed by atoms with Gasteiger partial charge in [0, 0.05) is 6.20 Å². The van der Waals surface area contributed by atoms with Gasteiger partial charge in [-0.2, -0.15) is 5.10 Å². The van der Waals surface area contributed by atoms with Crippen LogP contribution in [-0.2, 0) is 6.42 Å². The molecule has 0 radical (unpaired) electrons. The normalized spacial score (nSPS) is 9.50. The van der Waals surface area contributed by atoms with Crippen molar-refractivity contribution in [1.82, 2.24) is 9.78 Å². The van der Waals surface area contributed by atoms with E-state index in [1.807, 2.05) is 36.7 Å². The molecule has 0 aliphatic heterocycles. The molecule has 0 aliphatic carbocycles. The fourth-order valence-electron chi connectivity index (χ4n) is 1.56. The number of hydrogen-bond acceptors (Lipinski definition) is 1. The molecule has 1 aromatic heterocycles. The topological polar surface area (TPSA) is 17.8 Å². The van der Waals surface area contributed by atoms with Crippen molar-refractivity contribution in [2.45, 2.75) is 34.1 Å². The molecule has 0 saturated carbocycles. The first kappa shape index (κ1) is 12.5. The lowest BCUT2D eigenvalue weighted by molar-refractivity contribution is 0.841. The van der Waals surface area contributed by atoms with Crippen LogP contribution in [0, 0.1) is 6.92 Å². The highest BCUT2D eigenvalue weighted by Crippen LogP contribution is 2.11. The molecular weight excluding hydrogens is 196 g/mol. The first-order chi connectivity index (χ1) is 7.81. The molecule has 2 heteroatoms. The van der Waals surface area contributed by atoms with Crippen LogP contribution in [0.5, 0.6) is 0 Å². The molecule has 0 N–H and O–H groups in total. The zero-order valence-electron chi connectivity index (χ0n) is 10.6. The van der Waals surface area contributed by atoms with Gasteiger partial charge in [-0.1, -0.05) is 39.0 Å². The molecule has 0 atom stereocenters. The molecule has 2 rings (SSSR count). The monoisotopic (exact) mass is 216 g/mol. The minimum absolute atomic E-state index is 0.992. The van der Waals surface area contributed by atoms with Crippen molar-refractivity contribution in [1.29, 1.82) is 0 Å². The van der Waals surface area contributed by atoms with Gasteiger partial charge in [0.25, 0.3) is 0 Å². The largest absolute Gasteiger partial charge is 0.240 e. The summed E-state index contributed by atoms with van der Waals surface area (Å²) in [7, 11) is 0. The summed E-state index contributed by atoms with van der Waals surface area (Å²) in [6.07, 6.45) is 3.07. The summed E-state index contributed by atoms with van der Waals surface area (Å²) in [6.45, 7) is 8.23. The zero-order chi connectivity index (χ0) is 12.0. The van der Waals surface area contributed by atoms with Gasteiger partial charge in [0.2, 0.25) is 0 Å². The van der Waals surface area contributed by atoms with E-state index in [1.165, 1.54) is 11.3 Å². The molecule has 0 unspecified atom stereocenters. The van der Waals surface area contributed by atoms with Crippen molar-refractivity contribution >= 4 is 0 Å². The van der Waals surface area contributed by atoms with Gasteiger partial charge in [0.15, 0.2) is 0 Å². The van der Waals surface area contributed by atoms with Crippen molar-refractivity contribution < 1.29 is 0 Å². The molecule has 86 valence electrons. The average molecular weight is 216 g/mol. The molecule has 1 heterocycles. The molecule has 0 spiro atoms. The van der Waals surface area contributed by atoms with E-state index in [-0.39, 0.29) is 0 Å². The summed E-state index contributed by atoms with van der Waals surface area (Å²) in [6, 6.07) is 10.2. The van der Waals surface area contributed by atoms with Crippen molar-refractivity contribution in [3.8, 4) is 5.69 Å². The predicted molar refractivity (Wildman–Crippen MR) is 69.0 cm³/mol. The molecule has 2 nitrogen and oxygen atoms in total. The minimum atomic E-state index is 0.992. The lowest BCUT2D eigenvalue weighted by Crippen LogP contribution is -1.94. The van der Waals surface area contributed by atoms with E-state index in [0.717, 1.165) is 12.1 Å². The predicted octanol–water partition coefficient (Wildman–Crippen LogP) is 3.77. The van der Waals surface area contributed by atoms with Crippen molar-refractivity contribution in [3.05, 3.63) is 47.8 Å². The summed E-state index contributed by atoms with van der Waals surface area (Å²) >= 11 is 0. The van der Waals surface area contributed by atoms with E-state index in [0.29, 0.717) is 0 Å². The van der Waals surface area contributed by atoms with Crippen LogP contribution in [0.4, 0.5) is 0 Å². The lowest BCUT2D eigenvalue weighted by atomic mass is 10.2. The highest BCUT2D eigenvalue weighted by Gasteiger charge is 2.03. The van der Waals surface area contributed by atoms with Gasteiger partial charge in [-0.25, -0.2) is 4.68 Å². The van der Waals surface area contributed by atoms with Crippen LogP contribution in [0.2, 0.25) is 0 Å². The third kappa shape index (κ3) is 2.72. The lowest BCUT2D eigenvalue weighted by Gasteiger charge is -1.98. The highest BCUT2D eigenvalue weighted by molar-refractivity contribution is 5.32. The Bertz CT molecular complexity index is 416. The van der Waals surface area contributed by atoms with E-state index < -0.39 is 0 Å². The Balaban J connectivity index is 0.000000606. The molecule has 0 aliphatic rings. The molecule has 0 saturated heterocycles. The maximum Gasteiger partial charge on any atom is 0.0655 e. The second kappa shape index (κ2) is 6.11. The van der Waals surface area contributed by atoms with Crippen molar-refractivity contribution in [3.63, 3.8) is 0 Å². The Morgan fingerprint density at radius 3 is 2.25 bits per heavy atom. The Hall–Kier alpha value is -1.57. The molecule has 2 aromatic rings. The van der Waals surface area contributed by atoms with Crippen LogP contribution in [-0.4, -0.2) is 9.78 Å². The smallest absolute Gasteiger partial charge is 0.0655 e. The fourth-order valence-corrected chi connectivity index (χ4v) is 1.56. The number of rotatable bonds is 2. The molecule has 0 amide bonds. The number of hydrogen-bond donors (Lipinski definition) is 0. The summed E-state index contributed by atoms with van der Waals surface area (Å²) in [5, 5.41) is 4.52. The van der Waals surface area contributed by atoms with Crippen molar-refractivity contribution in [2.24, 2.45) is 0 Å². The number of para-hydroxylation sites is 1. The molecule has 0 fully saturated rings. The first-order valence-corrected chi connectivity index (χ1v) is 5.92. The molecule has 16 heavy (non-hydrogen) atoms. The number of nitrogens with zero attached hydrogens (tertiary/aromatic N) is 2. The van der Waals surface area contributed by atoms with Crippen LogP contribution in [0.25, 0.3) is 5.69 Å². The van der Waals surface area contributed by atoms with E-state index >= 15 is 0 Å². The van der Waals surface area contributed by atoms with Crippen LogP contribution in [0.3, 0.4) is 0 Å². The zero-order valence-corrected chi connectivity index (χ0v) is 10.6. The van der Waals surface area contributed by atoms with Crippen LogP contribution in [0.15, 0.2) is 36.5 Å². The van der Waals surface area contributed by atoms with E-state index in [4.69, 9.17) is 0 Å². The summed E-state index contributed by atoms with van der Waals surface area (Å²) in [5.41, 5.74) is 3.56. The standard InChI is InChI=1S/C12H14N2.C2H6/c1-3-12-10(2)9-14(13-12)11-7-5-4-6-8-11;1-2/h4-9H,3H2,1-2H3;1-2H3. The third-order valence-electron chi connectivity index (χ3n) is 2.36. The molecule has 1 aromatic carbocycles. The highest BCUT2D eigenvalue weighted by atomic mass is 15.3. The van der Waals surface area contributed by atoms with Crippen LogP contribution >= 0.6 is 0 Å². The quantitative estimate of drug-likeness (QED) is 0.747. The average Bonchev–Trinajstić information content (AvgIpc) is 2.74. The first-order valence-electron chi connectivity index (χ1n) is 5.92. The van der Waals surface area contributed by atoms with Crippen LogP contribution < -0.4 is 0 Å². The van der Waals surface area contributed by atoms with Gasteiger partial charge in [-0.05, 0) is 31.0 Å². The van der Waals surface area contributed by atoms with Crippen molar-refractivity contribution in [2.75, 3.05) is 0 Å². The molecular formula is C14H20N2. The van der Waals surface area contributed by atoms with Gasteiger partial charge in [-0.15, -0.1) is 0 Å². The Kier molecular flexibility index (Phi) is 4.77. The van der Waals surface area contributed by atoms with E-state index in [2.05, 4.69) is 37.3 Å². The van der Waals surface area contributed by atoms with E-state index in [9.17, 15) is 0 Å². The van der Waals surface area contributed by atoms with Crippen LogP contribution in [0.1, 0.15) is 32.0 Å². The van der Waals surface area contributed by atoms with E-state index in [1.54, 1.807) is 0 Å². The van der Waals surface area contributed by atoms with Gasteiger partial charge >= 0.3 is 0 Å². The number of aryl methyl sites for hydroxylation is 2. The number of benzene rings is 1. The van der Waals surface area contributed by atoms with Gasteiger partial charge in [0.05, 0.1) is 11.4 Å². The number of aromatic nitrogens is 2. The Labute approximate surface area is 97.9 Å². The second-order valence-electron chi connectivity index (χ2n) is 3.39. The Morgan fingerprint density at radius 2 is 1.75 bits per heavy atom. The summed E-state index contributed by atoms with van der Waals surface area (Å²) in [5.74, 6) is 0. The summed E-state index contributed by atoms with van der Waals surface area (Å²) in [4.78, 5) is 0. The fraction of sp³-hybridized carbons (Fsp3) is 0.357. The van der Waals surface area contributed by atoms with Gasteiger partial charge < -0.3 is 0 Å². The SMILES string of the molecule is CC.CCc1nn(-c2ccccc2)cc1C. The maximum atomic E-state index is 4.52. The second-order valence-corrected chi connectivity index (χ2v) is 3.39. The van der Waals surface area contributed by atoms with Gasteiger partial charge in [-0.3, -0.25) is 0 Å². The molecule has 0 bridgehead atoms. The summed E-state index contributed by atoms with van der Waals surface area (Å²) < 4.78 is 1.94.